The van der Waals surface area contributed by atoms with Crippen LogP contribution in [-0.4, -0.2) is 30.9 Å². The van der Waals surface area contributed by atoms with Crippen LogP contribution in [0.4, 0.5) is 8.78 Å². The number of rotatable bonds is 7. The Labute approximate surface area is 109 Å². The number of carboxylic acid groups (broad SMARTS) is 1. The molecule has 0 spiro atoms. The summed E-state index contributed by atoms with van der Waals surface area (Å²) in [4.78, 5) is 10.3. The molecule has 0 atom stereocenters. The molecule has 19 heavy (non-hydrogen) atoms. The van der Waals surface area contributed by atoms with Crippen LogP contribution >= 0.6 is 0 Å². The number of aliphatic carboxylic acids is 1. The molecule has 1 rings (SSSR count). The van der Waals surface area contributed by atoms with Crippen LogP contribution in [0.25, 0.3) is 6.08 Å². The molecule has 0 aromatic heterocycles. The highest BCUT2D eigenvalue weighted by Gasteiger charge is 2.11. The number of carboxylic acids is 1. The summed E-state index contributed by atoms with van der Waals surface area (Å²) in [6.07, 6.45) is 1.89. The largest absolute Gasteiger partial charge is 0.485 e. The highest BCUT2D eigenvalue weighted by molar-refractivity contribution is 5.85. The number of benzene rings is 1. The lowest BCUT2D eigenvalue weighted by molar-refractivity contribution is -0.131. The van der Waals surface area contributed by atoms with Gasteiger partial charge in [0.05, 0.1) is 6.61 Å². The van der Waals surface area contributed by atoms with E-state index >= 15 is 0 Å². The average molecular weight is 272 g/mol. The number of hydrogen-bond acceptors (Lipinski definition) is 3. The van der Waals surface area contributed by atoms with Gasteiger partial charge >= 0.3 is 5.97 Å². The summed E-state index contributed by atoms with van der Waals surface area (Å²) in [5.74, 6) is -3.46. The van der Waals surface area contributed by atoms with E-state index in [4.69, 9.17) is 14.6 Å². The van der Waals surface area contributed by atoms with Crippen LogP contribution in [-0.2, 0) is 9.53 Å². The van der Waals surface area contributed by atoms with Crippen LogP contribution in [0.3, 0.4) is 0 Å². The summed E-state index contributed by atoms with van der Waals surface area (Å²) in [6, 6.07) is 2.00. The van der Waals surface area contributed by atoms with Gasteiger partial charge in [-0.2, -0.15) is 0 Å². The van der Waals surface area contributed by atoms with Crippen molar-refractivity contribution in [3.63, 3.8) is 0 Å². The first-order valence-electron chi connectivity index (χ1n) is 5.65. The van der Waals surface area contributed by atoms with Gasteiger partial charge in [-0.3, -0.25) is 0 Å². The van der Waals surface area contributed by atoms with Crippen molar-refractivity contribution in [3.8, 4) is 5.75 Å². The molecule has 0 unspecified atom stereocenters. The second kappa shape index (κ2) is 7.48. The molecule has 4 nitrogen and oxygen atoms in total. The molecule has 104 valence electrons. The molecular formula is C13H14F2O4. The van der Waals surface area contributed by atoms with E-state index in [0.29, 0.717) is 6.61 Å². The van der Waals surface area contributed by atoms with Crippen molar-refractivity contribution in [3.05, 3.63) is 35.4 Å². The van der Waals surface area contributed by atoms with Gasteiger partial charge in [0, 0.05) is 12.7 Å². The number of carbonyl (C=O) groups is 1. The number of hydrogen-bond donors (Lipinski definition) is 1. The van der Waals surface area contributed by atoms with E-state index in [-0.39, 0.29) is 18.8 Å². The first kappa shape index (κ1) is 15.1. The van der Waals surface area contributed by atoms with Crippen molar-refractivity contribution in [2.75, 3.05) is 19.8 Å². The predicted molar refractivity (Wildman–Crippen MR) is 65.0 cm³/mol. The molecule has 0 radical (unpaired) electrons. The average Bonchev–Trinajstić information content (AvgIpc) is 2.34. The van der Waals surface area contributed by atoms with Crippen molar-refractivity contribution in [2.24, 2.45) is 0 Å². The van der Waals surface area contributed by atoms with Crippen LogP contribution < -0.4 is 4.74 Å². The molecule has 0 bridgehead atoms. The first-order valence-corrected chi connectivity index (χ1v) is 5.65. The lowest BCUT2D eigenvalue weighted by Crippen LogP contribution is -2.08. The lowest BCUT2D eigenvalue weighted by Gasteiger charge is -2.09. The third-order valence-electron chi connectivity index (χ3n) is 2.12. The summed E-state index contributed by atoms with van der Waals surface area (Å²) < 4.78 is 37.0. The highest BCUT2D eigenvalue weighted by Crippen LogP contribution is 2.23. The highest BCUT2D eigenvalue weighted by atomic mass is 19.1. The Morgan fingerprint density at radius 3 is 2.47 bits per heavy atom. The monoisotopic (exact) mass is 272 g/mol. The maximum Gasteiger partial charge on any atom is 0.328 e. The lowest BCUT2D eigenvalue weighted by atomic mass is 10.2. The molecule has 0 amide bonds. The molecule has 0 saturated carbocycles. The minimum atomic E-state index is -1.20. The van der Waals surface area contributed by atoms with Gasteiger partial charge in [0.25, 0.3) is 0 Å². The van der Waals surface area contributed by atoms with E-state index in [2.05, 4.69) is 0 Å². The van der Waals surface area contributed by atoms with Crippen LogP contribution in [0.5, 0.6) is 5.75 Å². The molecule has 1 N–H and O–H groups in total. The van der Waals surface area contributed by atoms with E-state index < -0.39 is 23.4 Å². The van der Waals surface area contributed by atoms with Crippen molar-refractivity contribution in [2.45, 2.75) is 6.92 Å². The zero-order chi connectivity index (χ0) is 14.3. The Morgan fingerprint density at radius 1 is 1.32 bits per heavy atom. The molecule has 6 heteroatoms. The summed E-state index contributed by atoms with van der Waals surface area (Å²) in [6.45, 7) is 2.56. The van der Waals surface area contributed by atoms with E-state index in [0.717, 1.165) is 24.3 Å². The normalized spacial score (nSPS) is 10.9. The molecule has 1 aromatic rings. The van der Waals surface area contributed by atoms with Gasteiger partial charge in [0.1, 0.15) is 6.61 Å². The standard InChI is InChI=1S/C13H14F2O4/c1-2-18-5-6-19-13-10(14)7-9(8-11(13)15)3-4-12(16)17/h3-4,7-8H,2,5-6H2,1H3,(H,16,17). The van der Waals surface area contributed by atoms with Gasteiger partial charge in [-0.1, -0.05) is 0 Å². The number of halogens is 2. The van der Waals surface area contributed by atoms with Gasteiger partial charge in [0.2, 0.25) is 0 Å². The van der Waals surface area contributed by atoms with Crippen molar-refractivity contribution < 1.29 is 28.2 Å². The van der Waals surface area contributed by atoms with Gasteiger partial charge in [-0.25, -0.2) is 13.6 Å². The molecule has 0 aliphatic rings. The number of ether oxygens (including phenoxy) is 2. The Hall–Kier alpha value is -1.95. The molecule has 0 aliphatic carbocycles. The molecule has 1 aromatic carbocycles. The van der Waals surface area contributed by atoms with E-state index in [1.807, 2.05) is 0 Å². The summed E-state index contributed by atoms with van der Waals surface area (Å²) in [7, 11) is 0. The summed E-state index contributed by atoms with van der Waals surface area (Å²) in [5.41, 5.74) is 0.106. The van der Waals surface area contributed by atoms with Crippen molar-refractivity contribution >= 4 is 12.0 Å². The Kier molecular flexibility index (Phi) is 5.95. The molecule has 0 aliphatic heterocycles. The van der Waals surface area contributed by atoms with Crippen LogP contribution in [0.1, 0.15) is 12.5 Å². The smallest absolute Gasteiger partial charge is 0.328 e. The van der Waals surface area contributed by atoms with Crippen molar-refractivity contribution in [1.29, 1.82) is 0 Å². The van der Waals surface area contributed by atoms with Gasteiger partial charge in [0.15, 0.2) is 17.4 Å². The van der Waals surface area contributed by atoms with Crippen LogP contribution in [0, 0.1) is 11.6 Å². The van der Waals surface area contributed by atoms with E-state index in [9.17, 15) is 13.6 Å². The zero-order valence-corrected chi connectivity index (χ0v) is 10.4. The maximum absolute atomic E-state index is 13.6. The minimum Gasteiger partial charge on any atom is -0.485 e. The summed E-state index contributed by atoms with van der Waals surface area (Å²) in [5, 5.41) is 8.42. The molecule has 0 fully saturated rings. The van der Waals surface area contributed by atoms with Crippen LogP contribution in [0.2, 0.25) is 0 Å². The SMILES string of the molecule is CCOCCOc1c(F)cc(C=CC(=O)O)cc1F. The Balaban J connectivity index is 2.76. The third-order valence-corrected chi connectivity index (χ3v) is 2.12. The second-order valence-electron chi connectivity index (χ2n) is 3.53. The minimum absolute atomic E-state index is 0.0337. The third kappa shape index (κ3) is 5.05. The topological polar surface area (TPSA) is 55.8 Å². The van der Waals surface area contributed by atoms with Gasteiger partial charge in [-0.15, -0.1) is 0 Å². The zero-order valence-electron chi connectivity index (χ0n) is 10.4. The van der Waals surface area contributed by atoms with Crippen LogP contribution in [0.15, 0.2) is 18.2 Å². The quantitative estimate of drug-likeness (QED) is 0.612. The molecular weight excluding hydrogens is 258 g/mol. The summed E-state index contributed by atoms with van der Waals surface area (Å²) >= 11 is 0. The first-order chi connectivity index (χ1) is 9.04. The Bertz CT molecular complexity index is 449. The van der Waals surface area contributed by atoms with Crippen molar-refractivity contribution in [1.82, 2.24) is 0 Å². The molecule has 0 heterocycles. The fourth-order valence-electron chi connectivity index (χ4n) is 1.33. The van der Waals surface area contributed by atoms with E-state index in [1.165, 1.54) is 0 Å². The van der Waals surface area contributed by atoms with Gasteiger partial charge < -0.3 is 14.6 Å². The Morgan fingerprint density at radius 2 is 1.95 bits per heavy atom. The van der Waals surface area contributed by atoms with E-state index in [1.54, 1.807) is 6.92 Å². The van der Waals surface area contributed by atoms with Gasteiger partial charge in [-0.05, 0) is 30.7 Å². The second-order valence-corrected chi connectivity index (χ2v) is 3.53. The maximum atomic E-state index is 13.6. The fourth-order valence-corrected chi connectivity index (χ4v) is 1.33. The molecule has 0 saturated heterocycles. The predicted octanol–water partition coefficient (Wildman–Crippen LogP) is 2.48. The fraction of sp³-hybridized carbons (Fsp3) is 0.308.